The summed E-state index contributed by atoms with van der Waals surface area (Å²) in [5, 5.41) is 19.5. The van der Waals surface area contributed by atoms with Crippen molar-refractivity contribution in [2.24, 2.45) is 5.92 Å². The Morgan fingerprint density at radius 1 is 1.50 bits per heavy atom. The molecule has 1 N–H and O–H groups in total. The number of aliphatic carboxylic acids is 1. The van der Waals surface area contributed by atoms with Crippen LogP contribution in [0.4, 0.5) is 0 Å². The predicted octanol–water partition coefficient (Wildman–Crippen LogP) is 0.328. The SMILES string of the molecule is B[C@H](C(=O)O)[C@@H]1CCCC[C@H]1[N+](=O)[O-]. The molecule has 0 aromatic carbocycles. The van der Waals surface area contributed by atoms with Crippen LogP contribution in [0.25, 0.3) is 0 Å². The summed E-state index contributed by atoms with van der Waals surface area (Å²) in [5.41, 5.74) is 0. The summed E-state index contributed by atoms with van der Waals surface area (Å²) in [7, 11) is 1.56. The van der Waals surface area contributed by atoms with E-state index in [4.69, 9.17) is 5.11 Å². The van der Waals surface area contributed by atoms with Crippen LogP contribution >= 0.6 is 0 Å². The van der Waals surface area contributed by atoms with Gasteiger partial charge in [-0.2, -0.15) is 0 Å². The molecule has 3 atom stereocenters. The van der Waals surface area contributed by atoms with E-state index in [-0.39, 0.29) is 10.8 Å². The fourth-order valence-corrected chi connectivity index (χ4v) is 2.17. The maximum atomic E-state index is 10.7. The van der Waals surface area contributed by atoms with Gasteiger partial charge in [0.2, 0.25) is 6.04 Å². The van der Waals surface area contributed by atoms with Gasteiger partial charge in [-0.25, -0.2) is 0 Å². The molecule has 5 nitrogen and oxygen atoms in total. The summed E-state index contributed by atoms with van der Waals surface area (Å²) >= 11 is 0. The number of nitro groups is 1. The van der Waals surface area contributed by atoms with Crippen LogP contribution in [0.5, 0.6) is 0 Å². The van der Waals surface area contributed by atoms with E-state index in [2.05, 4.69) is 0 Å². The van der Waals surface area contributed by atoms with Gasteiger partial charge in [-0.05, 0) is 12.8 Å². The van der Waals surface area contributed by atoms with Crippen LogP contribution in [-0.2, 0) is 4.79 Å². The number of carbonyl (C=O) groups is 1. The van der Waals surface area contributed by atoms with E-state index in [0.717, 1.165) is 12.8 Å². The molecule has 0 saturated heterocycles. The summed E-state index contributed by atoms with van der Waals surface area (Å²) in [6.07, 6.45) is 2.94. The van der Waals surface area contributed by atoms with E-state index in [0.29, 0.717) is 12.8 Å². The topological polar surface area (TPSA) is 80.4 Å². The number of nitrogens with zero attached hydrogens (tertiary/aromatic N) is 1. The van der Waals surface area contributed by atoms with E-state index < -0.39 is 17.8 Å². The Kier molecular flexibility index (Phi) is 3.49. The van der Waals surface area contributed by atoms with E-state index in [1.807, 2.05) is 0 Å². The van der Waals surface area contributed by atoms with Crippen molar-refractivity contribution in [1.29, 1.82) is 0 Å². The van der Waals surface area contributed by atoms with Gasteiger partial charge < -0.3 is 5.11 Å². The summed E-state index contributed by atoms with van der Waals surface area (Å²) in [4.78, 5) is 21.1. The lowest BCUT2D eigenvalue weighted by Gasteiger charge is -2.28. The average molecular weight is 199 g/mol. The molecule has 1 aliphatic rings. The third-order valence-corrected chi connectivity index (χ3v) is 3.08. The normalized spacial score (nSPS) is 29.4. The van der Waals surface area contributed by atoms with Crippen molar-refractivity contribution in [3.8, 4) is 0 Å². The van der Waals surface area contributed by atoms with Gasteiger partial charge in [0.1, 0.15) is 7.85 Å². The first kappa shape index (κ1) is 11.0. The van der Waals surface area contributed by atoms with Gasteiger partial charge in [0.05, 0.1) is 0 Å². The van der Waals surface area contributed by atoms with Crippen molar-refractivity contribution in [1.82, 2.24) is 0 Å². The Morgan fingerprint density at radius 3 is 2.57 bits per heavy atom. The van der Waals surface area contributed by atoms with Gasteiger partial charge in [-0.15, -0.1) is 0 Å². The Bertz CT molecular complexity index is 245. The molecule has 1 rings (SSSR count). The second-order valence-electron chi connectivity index (χ2n) is 3.93. The van der Waals surface area contributed by atoms with E-state index >= 15 is 0 Å². The highest BCUT2D eigenvalue weighted by atomic mass is 16.6. The zero-order valence-electron chi connectivity index (χ0n) is 8.18. The Morgan fingerprint density at radius 2 is 2.07 bits per heavy atom. The van der Waals surface area contributed by atoms with Gasteiger partial charge in [0.25, 0.3) is 5.97 Å². The highest BCUT2D eigenvalue weighted by Gasteiger charge is 2.39. The summed E-state index contributed by atoms with van der Waals surface area (Å²) in [6, 6.07) is -0.658. The first-order valence-corrected chi connectivity index (χ1v) is 4.90. The molecular weight excluding hydrogens is 185 g/mol. The zero-order chi connectivity index (χ0) is 10.7. The average Bonchev–Trinajstić information content (AvgIpc) is 2.16. The molecule has 0 amide bonds. The van der Waals surface area contributed by atoms with Gasteiger partial charge in [-0.3, -0.25) is 14.9 Å². The van der Waals surface area contributed by atoms with Gasteiger partial charge >= 0.3 is 0 Å². The molecule has 1 saturated carbocycles. The molecule has 0 aromatic rings. The maximum Gasteiger partial charge on any atom is 0.298 e. The number of rotatable bonds is 3. The monoisotopic (exact) mass is 199 g/mol. The fraction of sp³-hybridized carbons (Fsp3) is 0.875. The fourth-order valence-electron chi connectivity index (χ4n) is 2.17. The molecule has 0 spiro atoms. The molecule has 78 valence electrons. The first-order valence-electron chi connectivity index (χ1n) is 4.90. The molecule has 0 aromatic heterocycles. The number of hydrogen-bond acceptors (Lipinski definition) is 3. The van der Waals surface area contributed by atoms with Gasteiger partial charge in [-0.1, -0.05) is 6.42 Å². The van der Waals surface area contributed by atoms with Crippen LogP contribution in [-0.4, -0.2) is 29.9 Å². The zero-order valence-corrected chi connectivity index (χ0v) is 8.18. The molecule has 0 unspecified atom stereocenters. The van der Waals surface area contributed by atoms with Crippen molar-refractivity contribution >= 4 is 13.8 Å². The first-order chi connectivity index (χ1) is 6.54. The van der Waals surface area contributed by atoms with Crippen molar-refractivity contribution in [3.05, 3.63) is 10.1 Å². The number of carboxylic acid groups (broad SMARTS) is 1. The van der Waals surface area contributed by atoms with Crippen LogP contribution < -0.4 is 0 Å². The molecule has 0 radical (unpaired) electrons. The molecule has 6 heteroatoms. The van der Waals surface area contributed by atoms with Crippen LogP contribution in [0, 0.1) is 16.0 Å². The quantitative estimate of drug-likeness (QED) is 0.403. The minimum atomic E-state index is -0.927. The third-order valence-electron chi connectivity index (χ3n) is 3.08. The molecular formula is C8H14BNO4. The maximum absolute atomic E-state index is 10.7. The van der Waals surface area contributed by atoms with Gasteiger partial charge in [0, 0.05) is 23.1 Å². The Labute approximate surface area is 83.0 Å². The highest BCUT2D eigenvalue weighted by Crippen LogP contribution is 2.33. The van der Waals surface area contributed by atoms with Crippen LogP contribution in [0.3, 0.4) is 0 Å². The molecule has 0 bridgehead atoms. The smallest absolute Gasteiger partial charge is 0.298 e. The summed E-state index contributed by atoms with van der Waals surface area (Å²) in [6.45, 7) is 0. The van der Waals surface area contributed by atoms with E-state index in [1.165, 1.54) is 0 Å². The Balaban J connectivity index is 2.72. The van der Waals surface area contributed by atoms with Crippen molar-refractivity contribution < 1.29 is 14.8 Å². The molecule has 0 heterocycles. The highest BCUT2D eigenvalue weighted by molar-refractivity contribution is 6.22. The molecule has 0 aliphatic heterocycles. The molecule has 1 fully saturated rings. The standard InChI is InChI=1S/C8H14BNO4/c9-7(8(11)12)5-3-1-2-4-6(5)10(13)14/h5-7H,1-4,9H2,(H,11,12)/t5-,6-,7+/m1/s1. The lowest BCUT2D eigenvalue weighted by molar-refractivity contribution is -0.535. The van der Waals surface area contributed by atoms with Crippen molar-refractivity contribution in [2.75, 3.05) is 0 Å². The van der Waals surface area contributed by atoms with Crippen LogP contribution in [0.1, 0.15) is 25.7 Å². The van der Waals surface area contributed by atoms with Gasteiger partial charge in [0.15, 0.2) is 0 Å². The van der Waals surface area contributed by atoms with Crippen molar-refractivity contribution in [2.45, 2.75) is 37.5 Å². The predicted molar refractivity (Wildman–Crippen MR) is 52.7 cm³/mol. The number of carboxylic acids is 1. The number of hydrogen-bond donors (Lipinski definition) is 1. The molecule has 14 heavy (non-hydrogen) atoms. The van der Waals surface area contributed by atoms with Crippen LogP contribution in [0.2, 0.25) is 5.82 Å². The summed E-state index contributed by atoms with van der Waals surface area (Å²) < 4.78 is 0. The summed E-state index contributed by atoms with van der Waals surface area (Å²) in [5.74, 6) is -1.83. The lowest BCUT2D eigenvalue weighted by atomic mass is 9.68. The van der Waals surface area contributed by atoms with Crippen LogP contribution in [0.15, 0.2) is 0 Å². The largest absolute Gasteiger partial charge is 0.482 e. The second-order valence-corrected chi connectivity index (χ2v) is 3.93. The minimum absolute atomic E-state index is 0.295. The lowest BCUT2D eigenvalue weighted by Crippen LogP contribution is -2.37. The third kappa shape index (κ3) is 2.24. The van der Waals surface area contributed by atoms with E-state index in [9.17, 15) is 14.9 Å². The van der Waals surface area contributed by atoms with E-state index in [1.54, 1.807) is 7.85 Å². The Hall–Kier alpha value is -1.07. The minimum Gasteiger partial charge on any atom is -0.482 e. The molecule has 1 aliphatic carbocycles. The van der Waals surface area contributed by atoms with Crippen molar-refractivity contribution in [3.63, 3.8) is 0 Å². The second kappa shape index (κ2) is 4.44.